The van der Waals surface area contributed by atoms with Crippen molar-refractivity contribution < 1.29 is 0 Å². The van der Waals surface area contributed by atoms with Crippen molar-refractivity contribution in [2.24, 2.45) is 0 Å². The molecule has 0 aliphatic rings. The van der Waals surface area contributed by atoms with E-state index in [0.717, 1.165) is 0 Å². The molecule has 0 saturated heterocycles. The topological polar surface area (TPSA) is 0 Å². The second kappa shape index (κ2) is 6.87. The van der Waals surface area contributed by atoms with Gasteiger partial charge in [0.25, 0.3) is 0 Å². The van der Waals surface area contributed by atoms with Crippen molar-refractivity contribution in [1.82, 2.24) is 0 Å². The maximum absolute atomic E-state index is 1.78. The normalized spacial score (nSPS) is 13.7. The predicted molar refractivity (Wildman–Crippen MR) is 51.4 cm³/mol. The Morgan fingerprint density at radius 2 is 1.43 bits per heavy atom. The second-order valence-corrected chi connectivity index (χ2v) is 14.3. The van der Waals surface area contributed by atoms with Crippen LogP contribution < -0.4 is 0 Å². The average molecular weight is 165 g/mol. The molecule has 0 N–H and O–H groups in total. The summed E-state index contributed by atoms with van der Waals surface area (Å²) >= 11 is 0. The summed E-state index contributed by atoms with van der Waals surface area (Å²) in [7, 11) is 4.11. The Kier molecular flexibility index (Phi) is 7.72. The molecule has 0 aromatic heterocycles. The molecule has 0 heterocycles. The van der Waals surface area contributed by atoms with Gasteiger partial charge in [0.05, 0.1) is 0 Å². The van der Waals surface area contributed by atoms with Crippen molar-refractivity contribution in [1.29, 1.82) is 0 Å². The zero-order valence-electron chi connectivity index (χ0n) is 5.54. The summed E-state index contributed by atoms with van der Waals surface area (Å²) in [5, 5.41) is 0. The fraction of sp³-hybridized carbons (Fsp3) is 1.00. The molecule has 0 spiro atoms. The van der Waals surface area contributed by atoms with Crippen LogP contribution in [0.4, 0.5) is 0 Å². The van der Waals surface area contributed by atoms with Crippen LogP contribution in [0.2, 0.25) is 17.0 Å². The van der Waals surface area contributed by atoms with E-state index < -0.39 is 0 Å². The lowest BCUT2D eigenvalue weighted by Crippen LogP contribution is -1.95. The van der Waals surface area contributed by atoms with E-state index in [9.17, 15) is 0 Å². The maximum Gasteiger partial charge on any atom is 0.0132 e. The molecule has 0 aliphatic carbocycles. The van der Waals surface area contributed by atoms with Crippen LogP contribution in [0, 0.1) is 0 Å². The van der Waals surface area contributed by atoms with Gasteiger partial charge in [-0.25, -0.2) is 0 Å². The molecular weight excluding hydrogens is 148 g/mol. The van der Waals surface area contributed by atoms with E-state index in [-0.39, 0.29) is 0 Å². The van der Waals surface area contributed by atoms with E-state index in [0.29, 0.717) is 19.0 Å². The van der Waals surface area contributed by atoms with Gasteiger partial charge in [0.1, 0.15) is 0 Å². The van der Waals surface area contributed by atoms with Crippen molar-refractivity contribution in [3.05, 3.63) is 0 Å². The molecule has 0 atom stereocenters. The van der Waals surface area contributed by atoms with E-state index in [2.05, 4.69) is 0 Å². The average Bonchev–Trinajstić information content (AvgIpc) is 1.69. The fourth-order valence-corrected chi connectivity index (χ4v) is 15.1. The lowest BCUT2D eigenvalue weighted by Gasteiger charge is -1.88. The maximum atomic E-state index is 1.78. The largest absolute Gasteiger partial charge is 0.0752 e. The summed E-state index contributed by atoms with van der Waals surface area (Å²) in [5.41, 5.74) is 5.16. The van der Waals surface area contributed by atoms with E-state index in [1.807, 2.05) is 0 Å². The lowest BCUT2D eigenvalue weighted by molar-refractivity contribution is 1.83. The minimum absolute atomic E-state index is 0.556. The summed E-state index contributed by atoms with van der Waals surface area (Å²) in [4.78, 5) is 0. The molecule has 7 heavy (non-hydrogen) atoms. The van der Waals surface area contributed by atoms with Gasteiger partial charge in [-0.15, -0.1) is 0 Å². The van der Waals surface area contributed by atoms with Crippen LogP contribution in [0.25, 0.3) is 0 Å². The van der Waals surface area contributed by atoms with Crippen LogP contribution >= 0.6 is 0 Å². The van der Waals surface area contributed by atoms with Crippen molar-refractivity contribution in [2.45, 2.75) is 17.0 Å². The SMILES string of the molecule is [SiH3]C[SiH2]C[SiH2]C[SiH3]. The zero-order chi connectivity index (χ0) is 5.54. The van der Waals surface area contributed by atoms with Crippen LogP contribution in [0.5, 0.6) is 0 Å². The van der Waals surface area contributed by atoms with Crippen molar-refractivity contribution in [3.63, 3.8) is 0 Å². The van der Waals surface area contributed by atoms with Crippen molar-refractivity contribution >= 4 is 39.5 Å². The minimum Gasteiger partial charge on any atom is -0.0752 e. The molecule has 0 fully saturated rings. The Labute approximate surface area is 57.0 Å². The van der Waals surface area contributed by atoms with Crippen LogP contribution in [0.3, 0.4) is 0 Å². The van der Waals surface area contributed by atoms with Gasteiger partial charge in [-0.3, -0.25) is 0 Å². The number of hydrogen-bond donors (Lipinski definition) is 0. The van der Waals surface area contributed by atoms with Gasteiger partial charge in [-0.05, 0) is 20.5 Å². The molecule has 44 valence electrons. The van der Waals surface area contributed by atoms with Gasteiger partial charge in [-0.2, -0.15) is 0 Å². The van der Waals surface area contributed by atoms with Gasteiger partial charge in [0.15, 0.2) is 0 Å². The van der Waals surface area contributed by atoms with Gasteiger partial charge < -0.3 is 0 Å². The van der Waals surface area contributed by atoms with Crippen LogP contribution in [0.1, 0.15) is 0 Å². The smallest absolute Gasteiger partial charge is 0.0132 e. The van der Waals surface area contributed by atoms with Gasteiger partial charge in [-0.1, -0.05) is 17.0 Å². The standard InChI is InChI=1S/C3H16Si4/c4-1-6-3-7-2-5/h1-3,6-7H2,4-5H3. The third-order valence-electron chi connectivity index (χ3n) is 1.21. The third kappa shape index (κ3) is 6.87. The Bertz CT molecular complexity index is 26.1. The van der Waals surface area contributed by atoms with Crippen molar-refractivity contribution in [2.75, 3.05) is 0 Å². The molecule has 4 heteroatoms. The summed E-state index contributed by atoms with van der Waals surface area (Å²) in [6, 6.07) is 0. The highest BCUT2D eigenvalue weighted by Crippen LogP contribution is 1.79. The molecule has 0 aromatic rings. The lowest BCUT2D eigenvalue weighted by atomic mass is 11.8. The Morgan fingerprint density at radius 1 is 1.00 bits per heavy atom. The first-order valence-corrected chi connectivity index (χ1v) is 10.2. The molecule has 0 rings (SSSR count). The Morgan fingerprint density at radius 3 is 1.71 bits per heavy atom. The molecule has 0 unspecified atom stereocenters. The van der Waals surface area contributed by atoms with Gasteiger partial charge >= 0.3 is 0 Å². The first-order chi connectivity index (χ1) is 3.41. The molecule has 0 saturated carbocycles. The predicted octanol–water partition coefficient (Wildman–Crippen LogP) is -2.82. The molecule has 0 aromatic carbocycles. The minimum atomic E-state index is 0.556. The van der Waals surface area contributed by atoms with E-state index in [1.54, 1.807) is 17.0 Å². The van der Waals surface area contributed by atoms with Crippen molar-refractivity contribution in [3.8, 4) is 0 Å². The third-order valence-corrected chi connectivity index (χ3v) is 10.9. The van der Waals surface area contributed by atoms with Gasteiger partial charge in [0, 0.05) is 19.0 Å². The zero-order valence-corrected chi connectivity index (χ0v) is 12.4. The van der Waals surface area contributed by atoms with E-state index in [4.69, 9.17) is 0 Å². The van der Waals surface area contributed by atoms with E-state index in [1.165, 1.54) is 20.5 Å². The first kappa shape index (κ1) is 7.87. The second-order valence-electron chi connectivity index (χ2n) is 2.06. The van der Waals surface area contributed by atoms with Crippen LogP contribution in [0.15, 0.2) is 0 Å². The summed E-state index contributed by atoms with van der Waals surface area (Å²) < 4.78 is 0. The van der Waals surface area contributed by atoms with Gasteiger partial charge in [0.2, 0.25) is 0 Å². The van der Waals surface area contributed by atoms with Crippen LogP contribution in [-0.2, 0) is 0 Å². The molecule has 0 amide bonds. The molecular formula is C3H16Si4. The first-order valence-electron chi connectivity index (χ1n) is 3.41. The molecule has 0 radical (unpaired) electrons. The number of rotatable bonds is 4. The molecule has 0 bridgehead atoms. The van der Waals surface area contributed by atoms with Crippen LogP contribution in [-0.4, -0.2) is 39.5 Å². The fourth-order valence-electron chi connectivity index (χ4n) is 0.677. The Hall–Kier alpha value is 0.868. The highest BCUT2D eigenvalue weighted by atomic mass is 28.3. The molecule has 0 aliphatic heterocycles. The highest BCUT2D eigenvalue weighted by Gasteiger charge is 1.82. The Balaban J connectivity index is 2.45. The van der Waals surface area contributed by atoms with E-state index >= 15 is 0 Å². The summed E-state index contributed by atoms with van der Waals surface area (Å²) in [6.45, 7) is 0. The number of hydrogen-bond acceptors (Lipinski definition) is 0. The quantitative estimate of drug-likeness (QED) is 0.311. The summed E-state index contributed by atoms with van der Waals surface area (Å²) in [6.07, 6.45) is 0. The summed E-state index contributed by atoms with van der Waals surface area (Å²) in [5.74, 6) is 0. The monoisotopic (exact) mass is 164 g/mol. The molecule has 0 nitrogen and oxygen atoms in total. The highest BCUT2D eigenvalue weighted by molar-refractivity contribution is 6.63.